The molecule has 1 aliphatic carbocycles. The molecule has 9 heteroatoms. The van der Waals surface area contributed by atoms with Gasteiger partial charge >= 0.3 is 6.09 Å². The Labute approximate surface area is 220 Å². The largest absolute Gasteiger partial charge is 0.444 e. The predicted molar refractivity (Wildman–Crippen MR) is 143 cm³/mol. The molecule has 1 fully saturated rings. The lowest BCUT2D eigenvalue weighted by Gasteiger charge is -2.35. The topological polar surface area (TPSA) is 131 Å². The van der Waals surface area contributed by atoms with Crippen LogP contribution in [0.25, 0.3) is 0 Å². The first kappa shape index (κ1) is 30.1. The average molecular weight is 517 g/mol. The third-order valence-electron chi connectivity index (χ3n) is 6.41. The highest BCUT2D eigenvalue weighted by Crippen LogP contribution is 2.41. The molecule has 9 nitrogen and oxygen atoms in total. The van der Waals surface area contributed by atoms with Gasteiger partial charge in [0.25, 0.3) is 0 Å². The molecule has 1 aromatic carbocycles. The van der Waals surface area contributed by atoms with E-state index in [-0.39, 0.29) is 17.9 Å². The van der Waals surface area contributed by atoms with Crippen molar-refractivity contribution in [3.05, 3.63) is 34.9 Å². The number of carbonyl (C=O) groups is 4. The van der Waals surface area contributed by atoms with Crippen molar-refractivity contribution in [3.63, 3.8) is 0 Å². The lowest BCUT2D eigenvalue weighted by atomic mass is 9.95. The number of benzene rings is 1. The summed E-state index contributed by atoms with van der Waals surface area (Å²) in [6.45, 7) is 13.5. The number of nitrogens with two attached hydrogens (primary N) is 1. The van der Waals surface area contributed by atoms with Crippen molar-refractivity contribution < 1.29 is 23.9 Å². The Morgan fingerprint density at radius 2 is 1.81 bits per heavy atom. The number of nitrogens with one attached hydrogen (secondary N) is 2. The number of ether oxygens (including phenoxy) is 1. The van der Waals surface area contributed by atoms with Crippen LogP contribution in [0.4, 0.5) is 4.79 Å². The normalized spacial score (nSPS) is 18.4. The molecule has 4 amide bonds. The van der Waals surface area contributed by atoms with Gasteiger partial charge in [0.2, 0.25) is 17.7 Å². The van der Waals surface area contributed by atoms with Gasteiger partial charge in [-0.3, -0.25) is 14.4 Å². The second kappa shape index (κ2) is 12.9. The molecule has 1 aromatic rings. The van der Waals surface area contributed by atoms with Gasteiger partial charge in [0.05, 0.1) is 6.42 Å². The van der Waals surface area contributed by atoms with Crippen molar-refractivity contribution in [2.24, 2.45) is 11.7 Å². The van der Waals surface area contributed by atoms with Crippen molar-refractivity contribution in [1.29, 1.82) is 0 Å². The van der Waals surface area contributed by atoms with E-state index in [1.54, 1.807) is 25.7 Å². The van der Waals surface area contributed by atoms with E-state index in [1.165, 1.54) is 0 Å². The molecule has 0 saturated heterocycles. The van der Waals surface area contributed by atoms with Gasteiger partial charge in [-0.25, -0.2) is 4.79 Å². The van der Waals surface area contributed by atoms with Gasteiger partial charge in [0.1, 0.15) is 17.7 Å². The third kappa shape index (κ3) is 9.05. The molecule has 0 aromatic heterocycles. The smallest absolute Gasteiger partial charge is 0.408 e. The number of aryl methyl sites for hydroxylation is 2. The minimum atomic E-state index is -1.26. The summed E-state index contributed by atoms with van der Waals surface area (Å²) in [4.78, 5) is 53.8. The molecule has 2 rings (SSSR count). The van der Waals surface area contributed by atoms with E-state index in [1.807, 2.05) is 39.0 Å². The summed E-state index contributed by atoms with van der Waals surface area (Å²) in [6.07, 6.45) is 2.31. The highest BCUT2D eigenvalue weighted by atomic mass is 16.6. The Morgan fingerprint density at radius 1 is 1.16 bits per heavy atom. The monoisotopic (exact) mass is 516 g/mol. The molecular formula is C28H44N4O5. The lowest BCUT2D eigenvalue weighted by molar-refractivity contribution is -0.144. The van der Waals surface area contributed by atoms with Crippen LogP contribution in [0.1, 0.15) is 89.5 Å². The molecule has 4 N–H and O–H groups in total. The van der Waals surface area contributed by atoms with E-state index in [0.29, 0.717) is 13.0 Å². The summed E-state index contributed by atoms with van der Waals surface area (Å²) in [5, 5.41) is 5.54. The van der Waals surface area contributed by atoms with Gasteiger partial charge < -0.3 is 26.0 Å². The standard InChI is InChI=1S/C28H44N4O5/c1-8-9-10-13-30-25(34)24(20-14-17(2)11-12-18(20)3)32(22-15-19(22)4)26(35)21(16-23(29)33)31-27(36)37-28(5,6)7/h11-12,14,19,21-22,24H,8-10,13,15-16H2,1-7H3,(H2,29,33)(H,30,34)(H,31,36). The molecular weight excluding hydrogens is 472 g/mol. The molecule has 0 spiro atoms. The van der Waals surface area contributed by atoms with Gasteiger partial charge in [0, 0.05) is 12.6 Å². The van der Waals surface area contributed by atoms with Crippen LogP contribution >= 0.6 is 0 Å². The first-order valence-corrected chi connectivity index (χ1v) is 13.2. The molecule has 37 heavy (non-hydrogen) atoms. The quantitative estimate of drug-likeness (QED) is 0.365. The maximum Gasteiger partial charge on any atom is 0.408 e. The van der Waals surface area contributed by atoms with Crippen LogP contribution in [-0.2, 0) is 19.1 Å². The first-order chi connectivity index (χ1) is 17.2. The van der Waals surface area contributed by atoms with E-state index in [2.05, 4.69) is 17.6 Å². The lowest BCUT2D eigenvalue weighted by Crippen LogP contribution is -2.55. The fourth-order valence-corrected chi connectivity index (χ4v) is 4.36. The fraction of sp³-hybridized carbons (Fsp3) is 0.643. The minimum Gasteiger partial charge on any atom is -0.444 e. The number of hydrogen-bond acceptors (Lipinski definition) is 5. The van der Waals surface area contributed by atoms with Gasteiger partial charge in [-0.15, -0.1) is 0 Å². The van der Waals surface area contributed by atoms with Crippen molar-refractivity contribution in [1.82, 2.24) is 15.5 Å². The average Bonchev–Trinajstić information content (AvgIpc) is 3.50. The van der Waals surface area contributed by atoms with E-state index >= 15 is 0 Å². The van der Waals surface area contributed by atoms with Crippen LogP contribution in [-0.4, -0.2) is 52.9 Å². The van der Waals surface area contributed by atoms with Gasteiger partial charge in [-0.2, -0.15) is 0 Å². The van der Waals surface area contributed by atoms with E-state index in [9.17, 15) is 19.2 Å². The van der Waals surface area contributed by atoms with Crippen molar-refractivity contribution in [2.75, 3.05) is 6.54 Å². The molecule has 4 unspecified atom stereocenters. The highest BCUT2D eigenvalue weighted by Gasteiger charge is 2.48. The molecule has 1 aliphatic rings. The maximum atomic E-state index is 14.1. The molecule has 0 heterocycles. The van der Waals surface area contributed by atoms with Crippen molar-refractivity contribution in [3.8, 4) is 0 Å². The number of rotatable bonds is 12. The van der Waals surface area contributed by atoms with Crippen LogP contribution in [0.3, 0.4) is 0 Å². The zero-order valence-electron chi connectivity index (χ0n) is 23.3. The second-order valence-electron chi connectivity index (χ2n) is 11.2. The first-order valence-electron chi connectivity index (χ1n) is 13.2. The number of alkyl carbamates (subject to hydrolysis) is 1. The Morgan fingerprint density at radius 3 is 2.35 bits per heavy atom. The summed E-state index contributed by atoms with van der Waals surface area (Å²) in [7, 11) is 0. The van der Waals surface area contributed by atoms with E-state index < -0.39 is 42.0 Å². The summed E-state index contributed by atoms with van der Waals surface area (Å²) in [6, 6.07) is 3.42. The Bertz CT molecular complexity index is 987. The predicted octanol–water partition coefficient (Wildman–Crippen LogP) is 3.66. The number of amides is 4. The Kier molecular flexibility index (Phi) is 10.5. The molecule has 0 radical (unpaired) electrons. The van der Waals surface area contributed by atoms with Crippen LogP contribution in [0.2, 0.25) is 0 Å². The van der Waals surface area contributed by atoms with Crippen molar-refractivity contribution in [2.45, 2.75) is 104 Å². The summed E-state index contributed by atoms with van der Waals surface area (Å²) >= 11 is 0. The maximum absolute atomic E-state index is 14.1. The van der Waals surface area contributed by atoms with Crippen LogP contribution in [0.5, 0.6) is 0 Å². The molecule has 0 bridgehead atoms. The van der Waals surface area contributed by atoms with Crippen LogP contribution in [0.15, 0.2) is 18.2 Å². The summed E-state index contributed by atoms with van der Waals surface area (Å²) < 4.78 is 5.33. The number of hydrogen-bond donors (Lipinski definition) is 3. The molecule has 206 valence electrons. The zero-order valence-corrected chi connectivity index (χ0v) is 23.3. The molecule has 1 saturated carbocycles. The SMILES string of the molecule is CCCCCNC(=O)C(c1cc(C)ccc1C)N(C(=O)C(CC(N)=O)NC(=O)OC(C)(C)C)C1CC1C. The van der Waals surface area contributed by atoms with Gasteiger partial charge in [-0.05, 0) is 64.5 Å². The molecule has 4 atom stereocenters. The summed E-state index contributed by atoms with van der Waals surface area (Å²) in [5.41, 5.74) is 7.21. The van der Waals surface area contributed by atoms with E-state index in [4.69, 9.17) is 10.5 Å². The third-order valence-corrected chi connectivity index (χ3v) is 6.41. The van der Waals surface area contributed by atoms with Crippen molar-refractivity contribution >= 4 is 23.8 Å². The number of nitrogens with zero attached hydrogens (tertiary/aromatic N) is 1. The zero-order chi connectivity index (χ0) is 27.9. The van der Waals surface area contributed by atoms with E-state index in [0.717, 1.165) is 36.0 Å². The fourth-order valence-electron chi connectivity index (χ4n) is 4.36. The van der Waals surface area contributed by atoms with Crippen LogP contribution < -0.4 is 16.4 Å². The van der Waals surface area contributed by atoms with Gasteiger partial charge in [0.15, 0.2) is 0 Å². The van der Waals surface area contributed by atoms with Crippen LogP contribution in [0, 0.1) is 19.8 Å². The highest BCUT2D eigenvalue weighted by molar-refractivity contribution is 5.95. The number of unbranched alkanes of at least 4 members (excludes halogenated alkanes) is 2. The second-order valence-corrected chi connectivity index (χ2v) is 11.2. The Balaban J connectivity index is 2.50. The minimum absolute atomic E-state index is 0.167. The Hall–Kier alpha value is -3.10. The number of carbonyl (C=O) groups excluding carboxylic acids is 4. The summed E-state index contributed by atoms with van der Waals surface area (Å²) in [5.74, 6) is -1.40. The van der Waals surface area contributed by atoms with Gasteiger partial charge in [-0.1, -0.05) is 50.5 Å². The number of primary amides is 1. The molecule has 0 aliphatic heterocycles.